The molecule has 3 aromatic heterocycles. The van der Waals surface area contributed by atoms with Gasteiger partial charge in [-0.05, 0) is 43.5 Å². The highest BCUT2D eigenvalue weighted by atomic mass is 32.1. The van der Waals surface area contributed by atoms with Crippen LogP contribution in [0.5, 0.6) is 0 Å². The van der Waals surface area contributed by atoms with Crippen molar-refractivity contribution >= 4 is 33.4 Å². The molecular formula is C18H20N6OS. The first-order valence-corrected chi connectivity index (χ1v) is 9.53. The van der Waals surface area contributed by atoms with E-state index in [4.69, 9.17) is 0 Å². The Balaban J connectivity index is 1.60. The molecule has 1 aliphatic rings. The molecule has 0 aliphatic carbocycles. The van der Waals surface area contributed by atoms with Crippen LogP contribution in [-0.4, -0.2) is 40.0 Å². The van der Waals surface area contributed by atoms with E-state index in [0.717, 1.165) is 35.4 Å². The molecule has 0 radical (unpaired) electrons. The lowest BCUT2D eigenvalue weighted by atomic mass is 10.2. The summed E-state index contributed by atoms with van der Waals surface area (Å²) in [5, 5.41) is 11.5. The van der Waals surface area contributed by atoms with Gasteiger partial charge < -0.3 is 16.0 Å². The maximum absolute atomic E-state index is 12.8. The van der Waals surface area contributed by atoms with Crippen LogP contribution < -0.4 is 16.0 Å². The van der Waals surface area contributed by atoms with E-state index in [0.29, 0.717) is 11.6 Å². The molecule has 1 amide bonds. The lowest BCUT2D eigenvalue weighted by molar-refractivity contribution is 0.0937. The minimum absolute atomic E-state index is 0.0674. The predicted octanol–water partition coefficient (Wildman–Crippen LogP) is 2.35. The van der Waals surface area contributed by atoms with E-state index in [-0.39, 0.29) is 18.0 Å². The number of nitrogens with one attached hydrogen (secondary N) is 3. The number of carbonyl (C=O) groups is 1. The fourth-order valence-corrected chi connectivity index (χ4v) is 3.83. The molecule has 0 bridgehead atoms. The second-order valence-electron chi connectivity index (χ2n) is 6.31. The minimum Gasteiger partial charge on any atom is -0.347 e. The maximum atomic E-state index is 12.8. The zero-order valence-corrected chi connectivity index (χ0v) is 15.2. The van der Waals surface area contributed by atoms with Gasteiger partial charge in [0.2, 0.25) is 5.95 Å². The minimum atomic E-state index is -0.151. The number of anilines is 1. The van der Waals surface area contributed by atoms with E-state index < -0.39 is 0 Å². The molecule has 0 saturated carbocycles. The smallest absolute Gasteiger partial charge is 0.271 e. The van der Waals surface area contributed by atoms with Crippen LogP contribution in [0.1, 0.15) is 35.6 Å². The molecular weight excluding hydrogens is 348 g/mol. The molecule has 1 saturated heterocycles. The van der Waals surface area contributed by atoms with Crippen molar-refractivity contribution in [3.8, 4) is 0 Å². The third kappa shape index (κ3) is 3.51. The zero-order chi connectivity index (χ0) is 17.9. The second-order valence-corrected chi connectivity index (χ2v) is 7.23. The van der Waals surface area contributed by atoms with Gasteiger partial charge in [0.05, 0.1) is 22.0 Å². The van der Waals surface area contributed by atoms with Gasteiger partial charge in [0.1, 0.15) is 0 Å². The topological polar surface area (TPSA) is 91.8 Å². The van der Waals surface area contributed by atoms with Gasteiger partial charge in [0.25, 0.3) is 5.91 Å². The quantitative estimate of drug-likeness (QED) is 0.640. The molecule has 26 heavy (non-hydrogen) atoms. The molecule has 8 heteroatoms. The van der Waals surface area contributed by atoms with Crippen molar-refractivity contribution in [1.82, 2.24) is 25.6 Å². The standard InChI is InChI=1S/C18H20N6OS/c1-11(13-4-2-3-7-20-13)21-18-23-14-6-9-26-16(14)15(24-18)17(25)22-12-5-8-19-10-12/h2-4,6-7,9,11-12,19H,5,8,10H2,1H3,(H,22,25)(H,21,23,24)/t11?,12-/m0/s1. The number of fused-ring (bicyclic) bond motifs is 1. The van der Waals surface area contributed by atoms with Crippen molar-refractivity contribution in [3.63, 3.8) is 0 Å². The molecule has 4 heterocycles. The summed E-state index contributed by atoms with van der Waals surface area (Å²) >= 11 is 1.48. The molecule has 1 unspecified atom stereocenters. The highest BCUT2D eigenvalue weighted by molar-refractivity contribution is 7.17. The van der Waals surface area contributed by atoms with E-state index in [1.165, 1.54) is 11.3 Å². The van der Waals surface area contributed by atoms with Gasteiger partial charge in [-0.3, -0.25) is 9.78 Å². The molecule has 0 spiro atoms. The van der Waals surface area contributed by atoms with Gasteiger partial charge in [0.15, 0.2) is 5.69 Å². The fourth-order valence-electron chi connectivity index (χ4n) is 3.01. The number of rotatable bonds is 5. The number of pyridine rings is 1. The van der Waals surface area contributed by atoms with Crippen molar-refractivity contribution < 1.29 is 4.79 Å². The molecule has 2 atom stereocenters. The largest absolute Gasteiger partial charge is 0.347 e. The SMILES string of the molecule is CC(Nc1nc(C(=O)N[C@H]2CCNC2)c2sccc2n1)c1ccccn1. The van der Waals surface area contributed by atoms with Crippen LogP contribution in [0.15, 0.2) is 35.8 Å². The normalized spacial score (nSPS) is 18.0. The Bertz CT molecular complexity index is 906. The van der Waals surface area contributed by atoms with Crippen LogP contribution in [0.25, 0.3) is 10.2 Å². The summed E-state index contributed by atoms with van der Waals surface area (Å²) in [6, 6.07) is 7.76. The van der Waals surface area contributed by atoms with Crippen molar-refractivity contribution in [2.45, 2.75) is 25.4 Å². The van der Waals surface area contributed by atoms with Gasteiger partial charge in [0, 0.05) is 18.8 Å². The number of thiophene rings is 1. The van der Waals surface area contributed by atoms with Crippen LogP contribution in [0.2, 0.25) is 0 Å². The lowest BCUT2D eigenvalue weighted by Gasteiger charge is -2.15. The summed E-state index contributed by atoms with van der Waals surface area (Å²) in [5.41, 5.74) is 2.09. The van der Waals surface area contributed by atoms with Gasteiger partial charge in [-0.25, -0.2) is 9.97 Å². The second kappa shape index (κ2) is 7.35. The number of aromatic nitrogens is 3. The summed E-state index contributed by atoms with van der Waals surface area (Å²) in [7, 11) is 0. The van der Waals surface area contributed by atoms with Crippen LogP contribution >= 0.6 is 11.3 Å². The van der Waals surface area contributed by atoms with E-state index in [1.807, 2.05) is 36.6 Å². The van der Waals surface area contributed by atoms with E-state index in [2.05, 4.69) is 30.9 Å². The molecule has 1 aliphatic heterocycles. The molecule has 3 aromatic rings. The Morgan fingerprint density at radius 3 is 3.04 bits per heavy atom. The average molecular weight is 368 g/mol. The maximum Gasteiger partial charge on any atom is 0.271 e. The summed E-state index contributed by atoms with van der Waals surface area (Å²) < 4.78 is 0.810. The zero-order valence-electron chi connectivity index (χ0n) is 14.4. The molecule has 134 valence electrons. The monoisotopic (exact) mass is 368 g/mol. The van der Waals surface area contributed by atoms with Gasteiger partial charge in [-0.1, -0.05) is 6.07 Å². The summed E-state index contributed by atoms with van der Waals surface area (Å²) in [5.74, 6) is 0.283. The van der Waals surface area contributed by atoms with Crippen molar-refractivity contribution in [1.29, 1.82) is 0 Å². The van der Waals surface area contributed by atoms with Crippen molar-refractivity contribution in [2.75, 3.05) is 18.4 Å². The lowest BCUT2D eigenvalue weighted by Crippen LogP contribution is -2.36. The average Bonchev–Trinajstić information content (AvgIpc) is 3.33. The predicted molar refractivity (Wildman–Crippen MR) is 102 cm³/mol. The first-order chi connectivity index (χ1) is 12.7. The Hall–Kier alpha value is -2.58. The highest BCUT2D eigenvalue weighted by Gasteiger charge is 2.22. The number of carbonyl (C=O) groups excluding carboxylic acids is 1. The van der Waals surface area contributed by atoms with Crippen LogP contribution in [-0.2, 0) is 0 Å². The molecule has 0 aromatic carbocycles. The van der Waals surface area contributed by atoms with Gasteiger partial charge >= 0.3 is 0 Å². The number of amides is 1. The number of hydrogen-bond acceptors (Lipinski definition) is 7. The third-order valence-electron chi connectivity index (χ3n) is 4.39. The highest BCUT2D eigenvalue weighted by Crippen LogP contribution is 2.25. The summed E-state index contributed by atoms with van der Waals surface area (Å²) in [6.07, 6.45) is 2.69. The molecule has 3 N–H and O–H groups in total. The van der Waals surface area contributed by atoms with E-state index >= 15 is 0 Å². The van der Waals surface area contributed by atoms with Gasteiger partial charge in [-0.2, -0.15) is 0 Å². The Labute approximate surface area is 155 Å². The Kier molecular flexibility index (Phi) is 4.77. The summed E-state index contributed by atoms with van der Waals surface area (Å²) in [6.45, 7) is 3.72. The van der Waals surface area contributed by atoms with Crippen molar-refractivity contribution in [2.24, 2.45) is 0 Å². The van der Waals surface area contributed by atoms with Crippen LogP contribution in [0, 0.1) is 0 Å². The summed E-state index contributed by atoms with van der Waals surface area (Å²) in [4.78, 5) is 26.2. The molecule has 4 rings (SSSR count). The Morgan fingerprint density at radius 2 is 2.27 bits per heavy atom. The van der Waals surface area contributed by atoms with Crippen LogP contribution in [0.3, 0.4) is 0 Å². The van der Waals surface area contributed by atoms with E-state index in [1.54, 1.807) is 6.20 Å². The third-order valence-corrected chi connectivity index (χ3v) is 5.30. The van der Waals surface area contributed by atoms with E-state index in [9.17, 15) is 4.79 Å². The first-order valence-electron chi connectivity index (χ1n) is 8.65. The first kappa shape index (κ1) is 16.9. The number of hydrogen-bond donors (Lipinski definition) is 3. The number of nitrogens with zero attached hydrogens (tertiary/aromatic N) is 3. The fraction of sp³-hybridized carbons (Fsp3) is 0.333. The van der Waals surface area contributed by atoms with Crippen molar-refractivity contribution in [3.05, 3.63) is 47.2 Å². The molecule has 1 fully saturated rings. The molecule has 7 nitrogen and oxygen atoms in total. The van der Waals surface area contributed by atoms with Gasteiger partial charge in [-0.15, -0.1) is 11.3 Å². The van der Waals surface area contributed by atoms with Crippen LogP contribution in [0.4, 0.5) is 5.95 Å². The Morgan fingerprint density at radius 1 is 1.35 bits per heavy atom.